The molecular formula is C15H25NO2. The molecule has 1 aromatic rings. The number of hydrogen-bond donors (Lipinski definition) is 1. The van der Waals surface area contributed by atoms with Gasteiger partial charge in [-0.15, -0.1) is 0 Å². The van der Waals surface area contributed by atoms with Gasteiger partial charge in [0.1, 0.15) is 5.75 Å². The van der Waals surface area contributed by atoms with Crippen LogP contribution in [0, 0.1) is 5.92 Å². The summed E-state index contributed by atoms with van der Waals surface area (Å²) in [4.78, 5) is 0. The normalized spacial score (nSPS) is 14.2. The Labute approximate surface area is 110 Å². The summed E-state index contributed by atoms with van der Waals surface area (Å²) >= 11 is 0. The van der Waals surface area contributed by atoms with E-state index in [1.54, 1.807) is 7.11 Å². The van der Waals surface area contributed by atoms with E-state index < -0.39 is 0 Å². The van der Waals surface area contributed by atoms with Crippen LogP contribution in [-0.4, -0.2) is 20.3 Å². The summed E-state index contributed by atoms with van der Waals surface area (Å²) in [6.45, 7) is 5.68. The average molecular weight is 251 g/mol. The van der Waals surface area contributed by atoms with Gasteiger partial charge >= 0.3 is 0 Å². The van der Waals surface area contributed by atoms with E-state index in [0.717, 1.165) is 17.9 Å². The lowest BCUT2D eigenvalue weighted by atomic mass is 10.1. The second-order valence-corrected chi connectivity index (χ2v) is 4.72. The van der Waals surface area contributed by atoms with Gasteiger partial charge in [0.25, 0.3) is 0 Å². The maximum atomic E-state index is 5.90. The number of benzene rings is 1. The molecule has 18 heavy (non-hydrogen) atoms. The van der Waals surface area contributed by atoms with Gasteiger partial charge in [0, 0.05) is 6.54 Å². The zero-order valence-corrected chi connectivity index (χ0v) is 11.7. The van der Waals surface area contributed by atoms with Gasteiger partial charge in [-0.2, -0.15) is 0 Å². The van der Waals surface area contributed by atoms with E-state index >= 15 is 0 Å². The van der Waals surface area contributed by atoms with Crippen LogP contribution in [0.2, 0.25) is 0 Å². The van der Waals surface area contributed by atoms with E-state index in [2.05, 4.69) is 13.8 Å². The molecule has 1 aromatic carbocycles. The third kappa shape index (κ3) is 4.67. The number of ether oxygens (including phenoxy) is 2. The fraction of sp³-hybridized carbons (Fsp3) is 0.600. The molecule has 0 amide bonds. The Bertz CT molecular complexity index is 324. The Morgan fingerprint density at radius 1 is 1.22 bits per heavy atom. The quantitative estimate of drug-likeness (QED) is 0.772. The van der Waals surface area contributed by atoms with Crippen LogP contribution in [0.15, 0.2) is 24.3 Å². The average Bonchev–Trinajstić information content (AvgIpc) is 2.40. The van der Waals surface area contributed by atoms with Crippen molar-refractivity contribution in [2.75, 3.05) is 20.3 Å². The lowest BCUT2D eigenvalue weighted by Gasteiger charge is -2.19. The smallest absolute Gasteiger partial charge is 0.118 e. The molecular weight excluding hydrogens is 226 g/mol. The molecule has 0 aliphatic heterocycles. The van der Waals surface area contributed by atoms with Crippen LogP contribution in [0.3, 0.4) is 0 Å². The van der Waals surface area contributed by atoms with Crippen molar-refractivity contribution in [2.45, 2.75) is 32.8 Å². The highest BCUT2D eigenvalue weighted by Crippen LogP contribution is 2.21. The van der Waals surface area contributed by atoms with E-state index in [9.17, 15) is 0 Å². The van der Waals surface area contributed by atoms with Gasteiger partial charge in [-0.1, -0.05) is 32.4 Å². The predicted molar refractivity (Wildman–Crippen MR) is 74.8 cm³/mol. The SMILES string of the molecule is CCCC(C)COC(CN)c1ccc(OC)cc1. The van der Waals surface area contributed by atoms with Crippen LogP contribution < -0.4 is 10.5 Å². The van der Waals surface area contributed by atoms with Crippen molar-refractivity contribution in [3.05, 3.63) is 29.8 Å². The number of rotatable bonds is 8. The number of hydrogen-bond acceptors (Lipinski definition) is 3. The van der Waals surface area contributed by atoms with Gasteiger partial charge in [0.2, 0.25) is 0 Å². The summed E-state index contributed by atoms with van der Waals surface area (Å²) in [5, 5.41) is 0. The first-order chi connectivity index (χ1) is 8.71. The van der Waals surface area contributed by atoms with Gasteiger partial charge in [-0.25, -0.2) is 0 Å². The highest BCUT2D eigenvalue weighted by atomic mass is 16.5. The summed E-state index contributed by atoms with van der Waals surface area (Å²) < 4.78 is 11.0. The molecule has 2 atom stereocenters. The summed E-state index contributed by atoms with van der Waals surface area (Å²) in [7, 11) is 1.67. The topological polar surface area (TPSA) is 44.5 Å². The first kappa shape index (κ1) is 15.0. The first-order valence-corrected chi connectivity index (χ1v) is 6.66. The van der Waals surface area contributed by atoms with Crippen LogP contribution in [-0.2, 0) is 4.74 Å². The Morgan fingerprint density at radius 3 is 2.39 bits per heavy atom. The molecule has 3 heteroatoms. The molecule has 0 aromatic heterocycles. The summed E-state index contributed by atoms with van der Waals surface area (Å²) in [5.74, 6) is 1.44. The monoisotopic (exact) mass is 251 g/mol. The standard InChI is InChI=1S/C15H25NO2/c1-4-5-12(2)11-18-15(10-16)13-6-8-14(17-3)9-7-13/h6-9,12,15H,4-5,10-11,16H2,1-3H3. The highest BCUT2D eigenvalue weighted by Gasteiger charge is 2.12. The lowest BCUT2D eigenvalue weighted by molar-refractivity contribution is 0.0351. The molecule has 0 heterocycles. The summed E-state index contributed by atoms with van der Waals surface area (Å²) in [6, 6.07) is 7.91. The number of methoxy groups -OCH3 is 1. The molecule has 0 bridgehead atoms. The first-order valence-electron chi connectivity index (χ1n) is 6.66. The Hall–Kier alpha value is -1.06. The van der Waals surface area contributed by atoms with Crippen molar-refractivity contribution in [1.82, 2.24) is 0 Å². The molecule has 0 aliphatic carbocycles. The van der Waals surface area contributed by atoms with Crippen molar-refractivity contribution in [1.29, 1.82) is 0 Å². The Morgan fingerprint density at radius 2 is 1.89 bits per heavy atom. The van der Waals surface area contributed by atoms with Gasteiger partial charge in [-0.05, 0) is 30.0 Å². The zero-order valence-electron chi connectivity index (χ0n) is 11.7. The second-order valence-electron chi connectivity index (χ2n) is 4.72. The van der Waals surface area contributed by atoms with E-state index in [4.69, 9.17) is 15.2 Å². The highest BCUT2D eigenvalue weighted by molar-refractivity contribution is 5.28. The molecule has 0 radical (unpaired) electrons. The molecule has 2 unspecified atom stereocenters. The van der Waals surface area contributed by atoms with Crippen LogP contribution in [0.25, 0.3) is 0 Å². The molecule has 0 spiro atoms. The molecule has 0 fully saturated rings. The Balaban J connectivity index is 2.53. The third-order valence-corrected chi connectivity index (χ3v) is 3.07. The maximum Gasteiger partial charge on any atom is 0.118 e. The minimum Gasteiger partial charge on any atom is -0.497 e. The molecule has 0 saturated carbocycles. The molecule has 0 saturated heterocycles. The van der Waals surface area contributed by atoms with Crippen molar-refractivity contribution in [3.63, 3.8) is 0 Å². The summed E-state index contributed by atoms with van der Waals surface area (Å²) in [5.41, 5.74) is 6.89. The van der Waals surface area contributed by atoms with Gasteiger partial charge in [0.15, 0.2) is 0 Å². The molecule has 0 aliphatic rings. The molecule has 3 nitrogen and oxygen atoms in total. The number of nitrogens with two attached hydrogens (primary N) is 1. The molecule has 102 valence electrons. The third-order valence-electron chi connectivity index (χ3n) is 3.07. The Kier molecular flexibility index (Phi) is 6.76. The van der Waals surface area contributed by atoms with Crippen LogP contribution in [0.5, 0.6) is 5.75 Å². The van der Waals surface area contributed by atoms with Crippen molar-refractivity contribution >= 4 is 0 Å². The van der Waals surface area contributed by atoms with Gasteiger partial charge in [-0.3, -0.25) is 0 Å². The van der Waals surface area contributed by atoms with E-state index in [1.807, 2.05) is 24.3 Å². The van der Waals surface area contributed by atoms with Crippen LogP contribution in [0.4, 0.5) is 0 Å². The van der Waals surface area contributed by atoms with E-state index in [1.165, 1.54) is 12.8 Å². The van der Waals surface area contributed by atoms with E-state index in [0.29, 0.717) is 12.5 Å². The summed E-state index contributed by atoms with van der Waals surface area (Å²) in [6.07, 6.45) is 2.37. The largest absolute Gasteiger partial charge is 0.497 e. The minimum absolute atomic E-state index is 0.0183. The maximum absolute atomic E-state index is 5.90. The van der Waals surface area contributed by atoms with Gasteiger partial charge in [0.05, 0.1) is 19.8 Å². The van der Waals surface area contributed by atoms with Crippen molar-refractivity contribution < 1.29 is 9.47 Å². The lowest BCUT2D eigenvalue weighted by Crippen LogP contribution is -2.18. The predicted octanol–water partition coefficient (Wildman–Crippen LogP) is 3.15. The van der Waals surface area contributed by atoms with Crippen molar-refractivity contribution in [2.24, 2.45) is 11.7 Å². The van der Waals surface area contributed by atoms with Gasteiger partial charge < -0.3 is 15.2 Å². The fourth-order valence-corrected chi connectivity index (χ4v) is 1.98. The second kappa shape index (κ2) is 8.11. The minimum atomic E-state index is -0.0183. The van der Waals surface area contributed by atoms with Crippen LogP contribution >= 0.6 is 0 Å². The van der Waals surface area contributed by atoms with Crippen molar-refractivity contribution in [3.8, 4) is 5.75 Å². The zero-order chi connectivity index (χ0) is 13.4. The van der Waals surface area contributed by atoms with Crippen LogP contribution in [0.1, 0.15) is 38.4 Å². The molecule has 1 rings (SSSR count). The fourth-order valence-electron chi connectivity index (χ4n) is 1.98. The molecule has 2 N–H and O–H groups in total. The van der Waals surface area contributed by atoms with E-state index in [-0.39, 0.29) is 6.10 Å².